The molecule has 10 rings (SSSR count). The average molecular weight is 680 g/mol. The molecule has 0 aliphatic rings. The fraction of sp³-hybridized carbons (Fsp3) is 0. The molecule has 1 heterocycles. The highest BCUT2D eigenvalue weighted by atomic mass is 32.1. The van der Waals surface area contributed by atoms with Gasteiger partial charge in [-0.3, -0.25) is 0 Å². The average Bonchev–Trinajstić information content (AvgIpc) is 3.60. The van der Waals surface area contributed by atoms with Crippen LogP contribution in [0.5, 0.6) is 0 Å². The predicted octanol–water partition coefficient (Wildman–Crippen LogP) is 14.8. The van der Waals surface area contributed by atoms with E-state index in [-0.39, 0.29) is 0 Å². The fourth-order valence-electron chi connectivity index (χ4n) is 7.63. The normalized spacial score (nSPS) is 11.5. The lowest BCUT2D eigenvalue weighted by Crippen LogP contribution is -2.10. The summed E-state index contributed by atoms with van der Waals surface area (Å²) in [6, 6.07) is 72.9. The van der Waals surface area contributed by atoms with Crippen LogP contribution in [-0.4, -0.2) is 0 Å². The molecule has 0 atom stereocenters. The zero-order chi connectivity index (χ0) is 34.4. The summed E-state index contributed by atoms with van der Waals surface area (Å²) < 4.78 is 2.63. The molecule has 10 aromatic rings. The molecular formula is C50H33NS. The maximum absolute atomic E-state index is 2.46. The van der Waals surface area contributed by atoms with Gasteiger partial charge in [-0.1, -0.05) is 164 Å². The van der Waals surface area contributed by atoms with Crippen molar-refractivity contribution in [2.45, 2.75) is 0 Å². The highest BCUT2D eigenvalue weighted by Gasteiger charge is 2.20. The second kappa shape index (κ2) is 12.7. The van der Waals surface area contributed by atoms with E-state index in [1.807, 2.05) is 11.3 Å². The van der Waals surface area contributed by atoms with Crippen molar-refractivity contribution in [2.75, 3.05) is 4.90 Å². The summed E-state index contributed by atoms with van der Waals surface area (Å²) in [5.41, 5.74) is 10.7. The number of nitrogens with zero attached hydrogens (tertiary/aromatic N) is 1. The van der Waals surface area contributed by atoms with Gasteiger partial charge in [-0.05, 0) is 80.6 Å². The summed E-state index contributed by atoms with van der Waals surface area (Å²) >= 11 is 1.89. The van der Waals surface area contributed by atoms with Crippen LogP contribution in [0.4, 0.5) is 17.1 Å². The number of benzene rings is 9. The quantitative estimate of drug-likeness (QED) is 0.169. The van der Waals surface area contributed by atoms with Gasteiger partial charge in [0.15, 0.2) is 0 Å². The highest BCUT2D eigenvalue weighted by Crippen LogP contribution is 2.47. The van der Waals surface area contributed by atoms with Gasteiger partial charge in [0.2, 0.25) is 0 Å². The van der Waals surface area contributed by atoms with Crippen LogP contribution in [0, 0.1) is 0 Å². The molecule has 2 heteroatoms. The van der Waals surface area contributed by atoms with Crippen LogP contribution in [0.15, 0.2) is 200 Å². The van der Waals surface area contributed by atoms with Gasteiger partial charge in [-0.15, -0.1) is 11.3 Å². The Morgan fingerprint density at radius 1 is 0.308 bits per heavy atom. The summed E-state index contributed by atoms with van der Waals surface area (Å²) in [5, 5.41) is 7.53. The Kier molecular flexibility index (Phi) is 7.41. The van der Waals surface area contributed by atoms with Crippen LogP contribution >= 0.6 is 11.3 Å². The maximum Gasteiger partial charge on any atom is 0.0547 e. The molecule has 0 fully saturated rings. The van der Waals surface area contributed by atoms with Gasteiger partial charge in [-0.2, -0.15) is 0 Å². The minimum Gasteiger partial charge on any atom is -0.310 e. The van der Waals surface area contributed by atoms with Gasteiger partial charge in [0.05, 0.1) is 5.69 Å². The third-order valence-corrected chi connectivity index (χ3v) is 11.4. The van der Waals surface area contributed by atoms with Gasteiger partial charge >= 0.3 is 0 Å². The predicted molar refractivity (Wildman–Crippen MR) is 225 cm³/mol. The van der Waals surface area contributed by atoms with Crippen molar-refractivity contribution in [1.29, 1.82) is 0 Å². The van der Waals surface area contributed by atoms with Crippen LogP contribution in [-0.2, 0) is 0 Å². The number of anilines is 3. The lowest BCUT2D eigenvalue weighted by atomic mass is 9.98. The third-order valence-electron chi connectivity index (χ3n) is 10.2. The molecule has 0 unspecified atom stereocenters. The van der Waals surface area contributed by atoms with Crippen LogP contribution in [0.25, 0.3) is 75.1 Å². The molecule has 0 saturated heterocycles. The summed E-state index contributed by atoms with van der Waals surface area (Å²) in [7, 11) is 0. The zero-order valence-corrected chi connectivity index (χ0v) is 29.2. The van der Waals surface area contributed by atoms with Crippen molar-refractivity contribution in [2.24, 2.45) is 0 Å². The topological polar surface area (TPSA) is 3.24 Å². The van der Waals surface area contributed by atoms with E-state index in [4.69, 9.17) is 0 Å². The first-order valence-corrected chi connectivity index (χ1v) is 18.6. The summed E-state index contributed by atoms with van der Waals surface area (Å²) in [6.07, 6.45) is 0. The van der Waals surface area contributed by atoms with Crippen molar-refractivity contribution in [1.82, 2.24) is 0 Å². The van der Waals surface area contributed by atoms with E-state index in [0.29, 0.717) is 0 Å². The largest absolute Gasteiger partial charge is 0.310 e. The fourth-order valence-corrected chi connectivity index (χ4v) is 8.89. The minimum atomic E-state index is 1.12. The molecule has 0 spiro atoms. The molecule has 0 amide bonds. The lowest BCUT2D eigenvalue weighted by molar-refractivity contribution is 1.31. The zero-order valence-electron chi connectivity index (χ0n) is 28.4. The molecule has 0 bridgehead atoms. The van der Waals surface area contributed by atoms with Crippen molar-refractivity contribution in [3.8, 4) is 33.4 Å². The number of hydrogen-bond donors (Lipinski definition) is 0. The van der Waals surface area contributed by atoms with Gasteiger partial charge in [0, 0.05) is 42.3 Å². The van der Waals surface area contributed by atoms with Crippen molar-refractivity contribution >= 4 is 70.1 Å². The number of rotatable bonds is 6. The monoisotopic (exact) mass is 679 g/mol. The van der Waals surface area contributed by atoms with E-state index in [1.165, 1.54) is 80.8 Å². The molecule has 1 aromatic heterocycles. The van der Waals surface area contributed by atoms with Crippen LogP contribution in [0.3, 0.4) is 0 Å². The second-order valence-corrected chi connectivity index (χ2v) is 14.4. The van der Waals surface area contributed by atoms with Gasteiger partial charge in [-0.25, -0.2) is 0 Å². The smallest absolute Gasteiger partial charge is 0.0547 e. The summed E-state index contributed by atoms with van der Waals surface area (Å²) in [4.78, 5) is 2.46. The molecule has 1 nitrogen and oxygen atoms in total. The van der Waals surface area contributed by atoms with Crippen LogP contribution < -0.4 is 4.90 Å². The summed E-state index contributed by atoms with van der Waals surface area (Å²) in [6.45, 7) is 0. The maximum atomic E-state index is 2.46. The standard InChI is InChI=1S/C50H33NS/c1-3-12-34(13-4-1)37-22-24-38(25-23-37)40-18-11-19-42(30-40)51(43-28-26-36-16-7-8-17-39(36)31-43)48-33-47-45-29-27-41(35-14-5-2-6-15-35)32-49(45)52-50(47)46-21-10-9-20-44(46)48/h1-33H. The third kappa shape index (κ3) is 5.33. The van der Waals surface area contributed by atoms with E-state index in [0.717, 1.165) is 11.4 Å². The molecule has 0 radical (unpaired) electrons. The number of thiophene rings is 1. The lowest BCUT2D eigenvalue weighted by Gasteiger charge is -2.28. The Hall–Kier alpha value is -6.48. The Bertz CT molecular complexity index is 2890. The number of hydrogen-bond acceptors (Lipinski definition) is 2. The van der Waals surface area contributed by atoms with E-state index in [2.05, 4.69) is 205 Å². The first kappa shape index (κ1) is 30.4. The molecule has 244 valence electrons. The van der Waals surface area contributed by atoms with Crippen LogP contribution in [0.2, 0.25) is 0 Å². The molecular weight excluding hydrogens is 647 g/mol. The minimum absolute atomic E-state index is 1.12. The molecule has 0 saturated carbocycles. The van der Waals surface area contributed by atoms with Gasteiger partial charge in [0.25, 0.3) is 0 Å². The first-order chi connectivity index (χ1) is 25.8. The molecule has 0 aliphatic heterocycles. The van der Waals surface area contributed by atoms with Crippen molar-refractivity contribution in [3.05, 3.63) is 200 Å². The van der Waals surface area contributed by atoms with Crippen LogP contribution in [0.1, 0.15) is 0 Å². The molecule has 0 aliphatic carbocycles. The van der Waals surface area contributed by atoms with E-state index in [9.17, 15) is 0 Å². The highest BCUT2D eigenvalue weighted by molar-refractivity contribution is 7.26. The Balaban J connectivity index is 1.18. The van der Waals surface area contributed by atoms with E-state index in [1.54, 1.807) is 0 Å². The molecule has 9 aromatic carbocycles. The Morgan fingerprint density at radius 3 is 1.63 bits per heavy atom. The van der Waals surface area contributed by atoms with E-state index >= 15 is 0 Å². The molecule has 0 N–H and O–H groups in total. The van der Waals surface area contributed by atoms with Crippen molar-refractivity contribution < 1.29 is 0 Å². The first-order valence-electron chi connectivity index (χ1n) is 17.8. The summed E-state index contributed by atoms with van der Waals surface area (Å²) in [5.74, 6) is 0. The Labute approximate surface area is 307 Å². The van der Waals surface area contributed by atoms with E-state index < -0.39 is 0 Å². The van der Waals surface area contributed by atoms with Gasteiger partial charge < -0.3 is 4.90 Å². The second-order valence-electron chi connectivity index (χ2n) is 13.4. The molecule has 52 heavy (non-hydrogen) atoms. The Morgan fingerprint density at radius 2 is 0.865 bits per heavy atom. The SMILES string of the molecule is c1ccc(-c2ccc(-c3cccc(N(c4ccc5ccccc5c4)c4cc5c6ccc(-c7ccccc7)cc6sc5c5ccccc45)c3)cc2)cc1. The van der Waals surface area contributed by atoms with Crippen molar-refractivity contribution in [3.63, 3.8) is 0 Å². The van der Waals surface area contributed by atoms with Gasteiger partial charge in [0.1, 0.15) is 0 Å². The number of fused-ring (bicyclic) bond motifs is 6.